The molecule has 0 saturated heterocycles. The van der Waals surface area contributed by atoms with E-state index in [2.05, 4.69) is 21.2 Å². The van der Waals surface area contributed by atoms with Crippen molar-refractivity contribution in [3.63, 3.8) is 0 Å². The number of alkyl carbamates (subject to hydrolysis) is 1. The molecule has 0 radical (unpaired) electrons. The Morgan fingerprint density at radius 1 is 0.966 bits per heavy atom. The van der Waals surface area contributed by atoms with Crippen LogP contribution in [-0.2, 0) is 25.7 Å². The molecule has 152 valence electrons. The smallest absolute Gasteiger partial charge is 0.408 e. The Bertz CT molecular complexity index is 870. The lowest BCUT2D eigenvalue weighted by molar-refractivity contribution is -0.146. The number of hydrogen-bond acceptors (Lipinski definition) is 6. The van der Waals surface area contributed by atoms with Crippen LogP contribution in [0.15, 0.2) is 59.1 Å². The van der Waals surface area contributed by atoms with Gasteiger partial charge in [-0.3, -0.25) is 9.59 Å². The number of halogens is 1. The SMILES string of the molecule is NC(=O)C[C@H](NC(=O)OCc1ccccc1)C(=O)OCC(=O)c1ccc(Br)cc1. The quantitative estimate of drug-likeness (QED) is 0.435. The van der Waals surface area contributed by atoms with Crippen LogP contribution >= 0.6 is 15.9 Å². The standard InChI is InChI=1S/C20H19BrN2O6/c21-15-8-6-14(7-9-15)17(24)12-28-19(26)16(10-18(22)25)23-20(27)29-11-13-4-2-1-3-5-13/h1-9,16H,10-12H2,(H2,22,25)(H,23,27)/t16-/m0/s1. The number of nitrogens with one attached hydrogen (secondary N) is 1. The second-order valence-electron chi connectivity index (χ2n) is 5.97. The van der Waals surface area contributed by atoms with E-state index in [-0.39, 0.29) is 6.61 Å². The predicted octanol–water partition coefficient (Wildman–Crippen LogP) is 2.35. The van der Waals surface area contributed by atoms with Crippen molar-refractivity contribution in [2.75, 3.05) is 6.61 Å². The maximum absolute atomic E-state index is 12.2. The number of ether oxygens (including phenoxy) is 2. The van der Waals surface area contributed by atoms with E-state index in [0.29, 0.717) is 5.56 Å². The molecule has 2 aromatic carbocycles. The van der Waals surface area contributed by atoms with Crippen LogP contribution in [0.25, 0.3) is 0 Å². The molecule has 0 bridgehead atoms. The summed E-state index contributed by atoms with van der Waals surface area (Å²) in [6.07, 6.45) is -1.41. The highest BCUT2D eigenvalue weighted by atomic mass is 79.9. The lowest BCUT2D eigenvalue weighted by atomic mass is 10.1. The molecule has 2 aromatic rings. The van der Waals surface area contributed by atoms with Gasteiger partial charge in [0.15, 0.2) is 12.4 Å². The summed E-state index contributed by atoms with van der Waals surface area (Å²) in [5, 5.41) is 2.24. The summed E-state index contributed by atoms with van der Waals surface area (Å²) in [5.41, 5.74) is 6.22. The largest absolute Gasteiger partial charge is 0.456 e. The first-order valence-corrected chi connectivity index (χ1v) is 9.35. The summed E-state index contributed by atoms with van der Waals surface area (Å²) in [6.45, 7) is -0.566. The molecule has 0 aliphatic carbocycles. The van der Waals surface area contributed by atoms with E-state index in [4.69, 9.17) is 15.2 Å². The highest BCUT2D eigenvalue weighted by Gasteiger charge is 2.26. The minimum absolute atomic E-state index is 0.0208. The molecule has 0 fully saturated rings. The number of nitrogens with two attached hydrogens (primary N) is 1. The normalized spacial score (nSPS) is 11.2. The summed E-state index contributed by atoms with van der Waals surface area (Å²) in [5.74, 6) is -2.23. The molecule has 0 heterocycles. The molecule has 1 atom stereocenters. The molecular weight excluding hydrogens is 444 g/mol. The van der Waals surface area contributed by atoms with Gasteiger partial charge >= 0.3 is 12.1 Å². The van der Waals surface area contributed by atoms with E-state index in [1.165, 1.54) is 0 Å². The van der Waals surface area contributed by atoms with Crippen LogP contribution in [0, 0.1) is 0 Å². The highest BCUT2D eigenvalue weighted by molar-refractivity contribution is 9.10. The first kappa shape index (κ1) is 22.1. The zero-order chi connectivity index (χ0) is 21.2. The number of hydrogen-bond donors (Lipinski definition) is 2. The van der Waals surface area contributed by atoms with Gasteiger partial charge in [0.1, 0.15) is 12.6 Å². The Labute approximate surface area is 175 Å². The number of benzene rings is 2. The fourth-order valence-corrected chi connectivity index (χ4v) is 2.52. The van der Waals surface area contributed by atoms with Gasteiger partial charge in [-0.2, -0.15) is 0 Å². The van der Waals surface area contributed by atoms with Gasteiger partial charge < -0.3 is 20.5 Å². The fourth-order valence-electron chi connectivity index (χ4n) is 2.26. The molecule has 29 heavy (non-hydrogen) atoms. The van der Waals surface area contributed by atoms with Crippen LogP contribution in [0.2, 0.25) is 0 Å². The zero-order valence-corrected chi connectivity index (χ0v) is 16.9. The van der Waals surface area contributed by atoms with Crippen molar-refractivity contribution in [1.82, 2.24) is 5.32 Å². The van der Waals surface area contributed by atoms with E-state index in [0.717, 1.165) is 10.0 Å². The molecule has 2 rings (SSSR count). The first-order valence-electron chi connectivity index (χ1n) is 8.56. The van der Waals surface area contributed by atoms with Crippen LogP contribution in [0.4, 0.5) is 4.79 Å². The topological polar surface area (TPSA) is 125 Å². The Balaban J connectivity index is 1.89. The maximum Gasteiger partial charge on any atom is 0.408 e. The van der Waals surface area contributed by atoms with Gasteiger partial charge in [-0.25, -0.2) is 9.59 Å². The minimum Gasteiger partial charge on any atom is -0.456 e. The van der Waals surface area contributed by atoms with Crippen LogP contribution in [-0.4, -0.2) is 36.4 Å². The molecule has 0 spiro atoms. The maximum atomic E-state index is 12.2. The first-order chi connectivity index (χ1) is 13.8. The van der Waals surface area contributed by atoms with Crippen molar-refractivity contribution in [3.05, 3.63) is 70.2 Å². The van der Waals surface area contributed by atoms with Crippen molar-refractivity contribution in [2.45, 2.75) is 19.1 Å². The molecule has 0 aliphatic rings. The van der Waals surface area contributed by atoms with Crippen LogP contribution in [0.3, 0.4) is 0 Å². The van der Waals surface area contributed by atoms with Gasteiger partial charge in [-0.15, -0.1) is 0 Å². The second-order valence-corrected chi connectivity index (χ2v) is 6.88. The number of primary amides is 1. The van der Waals surface area contributed by atoms with E-state index in [1.54, 1.807) is 48.5 Å². The van der Waals surface area contributed by atoms with E-state index < -0.39 is 42.8 Å². The third kappa shape index (κ3) is 7.74. The molecule has 8 nitrogen and oxygen atoms in total. The number of carbonyl (C=O) groups is 4. The lowest BCUT2D eigenvalue weighted by Gasteiger charge is -2.16. The van der Waals surface area contributed by atoms with Crippen LogP contribution < -0.4 is 11.1 Å². The third-order valence-corrected chi connectivity index (χ3v) is 4.24. The number of amides is 2. The van der Waals surface area contributed by atoms with Crippen LogP contribution in [0.1, 0.15) is 22.3 Å². The molecule has 0 saturated carbocycles. The predicted molar refractivity (Wildman–Crippen MR) is 107 cm³/mol. The molecule has 0 unspecified atom stereocenters. The summed E-state index contributed by atoms with van der Waals surface area (Å²) >= 11 is 3.26. The molecule has 0 aromatic heterocycles. The molecular formula is C20H19BrN2O6. The van der Waals surface area contributed by atoms with Crippen molar-refractivity contribution >= 4 is 39.7 Å². The second kappa shape index (κ2) is 11.0. The molecule has 3 N–H and O–H groups in total. The Hall–Kier alpha value is -3.20. The van der Waals surface area contributed by atoms with E-state index >= 15 is 0 Å². The van der Waals surface area contributed by atoms with Gasteiger partial charge in [0, 0.05) is 10.0 Å². The van der Waals surface area contributed by atoms with Gasteiger partial charge in [0.2, 0.25) is 5.91 Å². The summed E-state index contributed by atoms with van der Waals surface area (Å²) in [4.78, 5) is 47.5. The number of Topliss-reactive ketones (excluding diaryl/α,β-unsaturated/α-hetero) is 1. The lowest BCUT2D eigenvalue weighted by Crippen LogP contribution is -2.44. The van der Waals surface area contributed by atoms with Gasteiger partial charge in [-0.1, -0.05) is 58.4 Å². The Morgan fingerprint density at radius 3 is 2.24 bits per heavy atom. The van der Waals surface area contributed by atoms with Gasteiger partial charge in [-0.05, 0) is 17.7 Å². The third-order valence-electron chi connectivity index (χ3n) is 3.71. The molecule has 0 aliphatic heterocycles. The number of esters is 1. The van der Waals surface area contributed by atoms with E-state index in [9.17, 15) is 19.2 Å². The van der Waals surface area contributed by atoms with Crippen molar-refractivity contribution in [2.24, 2.45) is 5.73 Å². The Kier molecular flexibility index (Phi) is 8.35. The monoisotopic (exact) mass is 462 g/mol. The summed E-state index contributed by atoms with van der Waals surface area (Å²) in [7, 11) is 0. The van der Waals surface area contributed by atoms with Crippen molar-refractivity contribution < 1.29 is 28.7 Å². The summed E-state index contributed by atoms with van der Waals surface area (Å²) < 4.78 is 10.7. The average Bonchev–Trinajstić information content (AvgIpc) is 2.70. The fraction of sp³-hybridized carbons (Fsp3) is 0.200. The Morgan fingerprint density at radius 2 is 1.62 bits per heavy atom. The van der Waals surface area contributed by atoms with Gasteiger partial charge in [0.05, 0.1) is 6.42 Å². The highest BCUT2D eigenvalue weighted by Crippen LogP contribution is 2.11. The van der Waals surface area contributed by atoms with Crippen molar-refractivity contribution in [1.29, 1.82) is 0 Å². The zero-order valence-electron chi connectivity index (χ0n) is 15.3. The van der Waals surface area contributed by atoms with E-state index in [1.807, 2.05) is 6.07 Å². The average molecular weight is 463 g/mol. The van der Waals surface area contributed by atoms with Crippen molar-refractivity contribution in [3.8, 4) is 0 Å². The minimum atomic E-state index is -1.37. The number of rotatable bonds is 9. The molecule has 2 amide bonds. The molecule has 9 heteroatoms. The number of carbonyl (C=O) groups excluding carboxylic acids is 4. The van der Waals surface area contributed by atoms with Gasteiger partial charge in [0.25, 0.3) is 0 Å². The number of ketones is 1. The van der Waals surface area contributed by atoms with Crippen LogP contribution in [0.5, 0.6) is 0 Å². The summed E-state index contributed by atoms with van der Waals surface area (Å²) in [6, 6.07) is 14.0.